The fraction of sp³-hybridized carbons (Fsp3) is 0.435. The zero-order chi connectivity index (χ0) is 21.3. The molecule has 0 aromatic heterocycles. The highest BCUT2D eigenvalue weighted by molar-refractivity contribution is 7.86. The lowest BCUT2D eigenvalue weighted by Gasteiger charge is -2.34. The SMILES string of the molecule is CCCC(CCC)(CCOS(=O)(=O)c1ccc(C)cc1)Oc1ccc(C#N)cc1. The van der Waals surface area contributed by atoms with Crippen LogP contribution >= 0.6 is 0 Å². The number of rotatable bonds is 11. The summed E-state index contributed by atoms with van der Waals surface area (Å²) in [6.07, 6.45) is 3.84. The van der Waals surface area contributed by atoms with Crippen molar-refractivity contribution in [2.45, 2.75) is 63.4 Å². The number of ether oxygens (including phenoxy) is 1. The summed E-state index contributed by atoms with van der Waals surface area (Å²) < 4.78 is 36.6. The summed E-state index contributed by atoms with van der Waals surface area (Å²) >= 11 is 0. The van der Waals surface area contributed by atoms with Crippen LogP contribution in [0.3, 0.4) is 0 Å². The van der Waals surface area contributed by atoms with Crippen LogP contribution in [-0.4, -0.2) is 20.6 Å². The molecule has 0 saturated heterocycles. The van der Waals surface area contributed by atoms with E-state index in [1.807, 2.05) is 6.92 Å². The van der Waals surface area contributed by atoms with Crippen LogP contribution in [0.25, 0.3) is 0 Å². The highest BCUT2D eigenvalue weighted by atomic mass is 32.2. The fourth-order valence-electron chi connectivity index (χ4n) is 3.40. The third-order valence-electron chi connectivity index (χ3n) is 4.83. The molecule has 0 heterocycles. The fourth-order valence-corrected chi connectivity index (χ4v) is 4.31. The molecule has 0 aliphatic heterocycles. The molecule has 6 heteroatoms. The molecule has 0 amide bonds. The average Bonchev–Trinajstić information content (AvgIpc) is 2.69. The molecular weight excluding hydrogens is 386 g/mol. The van der Waals surface area contributed by atoms with Gasteiger partial charge in [0.15, 0.2) is 0 Å². The molecule has 0 bridgehead atoms. The number of aryl methyl sites for hydroxylation is 1. The lowest BCUT2D eigenvalue weighted by molar-refractivity contribution is 0.0277. The van der Waals surface area contributed by atoms with E-state index in [9.17, 15) is 8.42 Å². The molecule has 0 saturated carbocycles. The van der Waals surface area contributed by atoms with Crippen LogP contribution in [0.1, 0.15) is 57.1 Å². The van der Waals surface area contributed by atoms with E-state index in [-0.39, 0.29) is 11.5 Å². The summed E-state index contributed by atoms with van der Waals surface area (Å²) in [5.74, 6) is 0.673. The zero-order valence-corrected chi connectivity index (χ0v) is 18.2. The molecule has 0 aliphatic carbocycles. The lowest BCUT2D eigenvalue weighted by atomic mass is 9.89. The predicted octanol–water partition coefficient (Wildman–Crippen LogP) is 5.38. The van der Waals surface area contributed by atoms with Crippen molar-refractivity contribution in [2.75, 3.05) is 6.61 Å². The molecule has 0 unspecified atom stereocenters. The molecule has 0 atom stereocenters. The number of hydrogen-bond acceptors (Lipinski definition) is 5. The van der Waals surface area contributed by atoms with Gasteiger partial charge in [0.2, 0.25) is 0 Å². The molecule has 2 rings (SSSR count). The van der Waals surface area contributed by atoms with E-state index in [2.05, 4.69) is 19.9 Å². The maximum Gasteiger partial charge on any atom is 0.296 e. The van der Waals surface area contributed by atoms with Gasteiger partial charge in [-0.15, -0.1) is 0 Å². The highest BCUT2D eigenvalue weighted by Crippen LogP contribution is 2.31. The molecule has 2 aromatic rings. The van der Waals surface area contributed by atoms with E-state index < -0.39 is 15.7 Å². The Morgan fingerprint density at radius 1 is 0.931 bits per heavy atom. The van der Waals surface area contributed by atoms with Crippen molar-refractivity contribution in [1.82, 2.24) is 0 Å². The van der Waals surface area contributed by atoms with Crippen LogP contribution in [0.2, 0.25) is 0 Å². The van der Waals surface area contributed by atoms with Gasteiger partial charge in [-0.3, -0.25) is 4.18 Å². The minimum atomic E-state index is -3.80. The monoisotopic (exact) mass is 415 g/mol. The maximum absolute atomic E-state index is 12.5. The predicted molar refractivity (Wildman–Crippen MR) is 113 cm³/mol. The number of nitriles is 1. The Labute approximate surface area is 174 Å². The van der Waals surface area contributed by atoms with Gasteiger partial charge in [-0.05, 0) is 56.2 Å². The number of benzene rings is 2. The molecule has 0 radical (unpaired) electrons. The van der Waals surface area contributed by atoms with Crippen molar-refractivity contribution in [3.05, 3.63) is 59.7 Å². The van der Waals surface area contributed by atoms with Crippen molar-refractivity contribution in [1.29, 1.82) is 5.26 Å². The summed E-state index contributed by atoms with van der Waals surface area (Å²) in [6.45, 7) is 6.11. The van der Waals surface area contributed by atoms with E-state index in [1.165, 1.54) is 0 Å². The van der Waals surface area contributed by atoms with Crippen LogP contribution < -0.4 is 4.74 Å². The van der Waals surface area contributed by atoms with Crippen molar-refractivity contribution in [3.8, 4) is 11.8 Å². The Bertz CT molecular complexity index is 907. The van der Waals surface area contributed by atoms with Gasteiger partial charge in [-0.2, -0.15) is 13.7 Å². The van der Waals surface area contributed by atoms with Gasteiger partial charge in [0.1, 0.15) is 11.4 Å². The van der Waals surface area contributed by atoms with E-state index in [0.29, 0.717) is 17.7 Å². The van der Waals surface area contributed by atoms with Crippen molar-refractivity contribution >= 4 is 10.1 Å². The van der Waals surface area contributed by atoms with Crippen LogP contribution in [0.15, 0.2) is 53.4 Å². The molecule has 5 nitrogen and oxygen atoms in total. The minimum absolute atomic E-state index is 0.0481. The van der Waals surface area contributed by atoms with Gasteiger partial charge in [0.05, 0.1) is 23.1 Å². The molecular formula is C23H29NO4S. The van der Waals surface area contributed by atoms with Crippen LogP contribution in [-0.2, 0) is 14.3 Å². The van der Waals surface area contributed by atoms with E-state index in [1.54, 1.807) is 48.5 Å². The summed E-state index contributed by atoms with van der Waals surface area (Å²) in [7, 11) is -3.80. The quantitative estimate of drug-likeness (QED) is 0.461. The van der Waals surface area contributed by atoms with Gasteiger partial charge in [-0.25, -0.2) is 0 Å². The second-order valence-electron chi connectivity index (χ2n) is 7.26. The highest BCUT2D eigenvalue weighted by Gasteiger charge is 2.31. The number of hydrogen-bond donors (Lipinski definition) is 0. The van der Waals surface area contributed by atoms with Gasteiger partial charge in [0.25, 0.3) is 10.1 Å². The Morgan fingerprint density at radius 3 is 2.03 bits per heavy atom. The summed E-state index contributed by atoms with van der Waals surface area (Å²) in [6, 6.07) is 15.7. The Kier molecular flexibility index (Phi) is 8.24. The summed E-state index contributed by atoms with van der Waals surface area (Å²) in [5, 5.41) is 8.97. The third kappa shape index (κ3) is 6.59. The summed E-state index contributed by atoms with van der Waals surface area (Å²) in [5.41, 5.74) is 1.05. The first-order valence-electron chi connectivity index (χ1n) is 9.99. The van der Waals surface area contributed by atoms with E-state index >= 15 is 0 Å². The minimum Gasteiger partial charge on any atom is -0.487 e. The second kappa shape index (κ2) is 10.4. The maximum atomic E-state index is 12.5. The first-order valence-corrected chi connectivity index (χ1v) is 11.4. The van der Waals surface area contributed by atoms with E-state index in [0.717, 1.165) is 31.2 Å². The lowest BCUT2D eigenvalue weighted by Crippen LogP contribution is -2.37. The largest absolute Gasteiger partial charge is 0.487 e. The zero-order valence-electron chi connectivity index (χ0n) is 17.3. The molecule has 0 spiro atoms. The molecule has 0 fully saturated rings. The molecule has 0 aliphatic rings. The van der Waals surface area contributed by atoms with Gasteiger partial charge in [-0.1, -0.05) is 44.4 Å². The van der Waals surface area contributed by atoms with Crippen LogP contribution in [0.5, 0.6) is 5.75 Å². The van der Waals surface area contributed by atoms with Crippen molar-refractivity contribution < 1.29 is 17.3 Å². The molecule has 2 aromatic carbocycles. The molecule has 156 valence electrons. The average molecular weight is 416 g/mol. The first kappa shape index (κ1) is 22.9. The normalized spacial score (nSPS) is 11.8. The first-order chi connectivity index (χ1) is 13.8. The number of nitrogens with zero attached hydrogens (tertiary/aromatic N) is 1. The van der Waals surface area contributed by atoms with Crippen LogP contribution in [0.4, 0.5) is 0 Å². The van der Waals surface area contributed by atoms with Gasteiger partial charge in [0, 0.05) is 6.42 Å². The Hall–Kier alpha value is -2.36. The summed E-state index contributed by atoms with van der Waals surface area (Å²) in [4.78, 5) is 0.160. The Morgan fingerprint density at radius 2 is 1.52 bits per heavy atom. The Balaban J connectivity index is 2.12. The second-order valence-corrected chi connectivity index (χ2v) is 8.88. The van der Waals surface area contributed by atoms with Gasteiger partial charge >= 0.3 is 0 Å². The third-order valence-corrected chi connectivity index (χ3v) is 6.16. The molecule has 0 N–H and O–H groups in total. The van der Waals surface area contributed by atoms with Crippen molar-refractivity contribution in [3.63, 3.8) is 0 Å². The van der Waals surface area contributed by atoms with Crippen molar-refractivity contribution in [2.24, 2.45) is 0 Å². The standard InChI is InChI=1S/C23H29NO4S/c1-4-14-23(15-5-2,28-21-10-8-20(18-24)9-11-21)16-17-27-29(25,26)22-12-6-19(3)7-13-22/h6-13H,4-5,14-17H2,1-3H3. The molecule has 29 heavy (non-hydrogen) atoms. The topological polar surface area (TPSA) is 76.4 Å². The van der Waals surface area contributed by atoms with Crippen LogP contribution in [0, 0.1) is 18.3 Å². The van der Waals surface area contributed by atoms with Gasteiger partial charge < -0.3 is 4.74 Å². The smallest absolute Gasteiger partial charge is 0.296 e. The van der Waals surface area contributed by atoms with E-state index in [4.69, 9.17) is 14.2 Å².